The number of aliphatic carboxylic acids is 1. The van der Waals surface area contributed by atoms with E-state index in [1.807, 2.05) is 22.6 Å². The van der Waals surface area contributed by atoms with E-state index in [9.17, 15) is 27.9 Å². The van der Waals surface area contributed by atoms with Crippen LogP contribution in [-0.2, 0) is 9.53 Å². The molecule has 2 aromatic carbocycles. The smallest absolute Gasteiger partial charge is 0.382 e. The van der Waals surface area contributed by atoms with Crippen LogP contribution in [0, 0.1) is 13.0 Å². The van der Waals surface area contributed by atoms with Crippen LogP contribution in [0.4, 0.5) is 13.2 Å². The van der Waals surface area contributed by atoms with Gasteiger partial charge in [0, 0.05) is 3.57 Å². The number of phenols is 1. The molecule has 5 nitrogen and oxygen atoms in total. The van der Waals surface area contributed by atoms with Crippen molar-refractivity contribution in [2.75, 3.05) is 0 Å². The first kappa shape index (κ1) is 20.7. The fourth-order valence-corrected chi connectivity index (χ4v) is 3.84. The van der Waals surface area contributed by atoms with Crippen molar-refractivity contribution >= 4 is 57.1 Å². The zero-order valence-corrected chi connectivity index (χ0v) is 16.9. The summed E-state index contributed by atoms with van der Waals surface area (Å²) < 4.78 is 46.8. The molecule has 2 aromatic rings. The van der Waals surface area contributed by atoms with E-state index in [0.29, 0.717) is 3.57 Å². The number of ether oxygens (including phenoxy) is 1. The number of carbonyl (C=O) groups excluding carboxylic acids is 1. The monoisotopic (exact) mass is 592 g/mol. The Morgan fingerprint density at radius 1 is 1.12 bits per heavy atom. The molecular formula is C16H9F3I2O5. The highest BCUT2D eigenvalue weighted by molar-refractivity contribution is 14.1. The lowest BCUT2D eigenvalue weighted by Crippen LogP contribution is -2.38. The van der Waals surface area contributed by atoms with Crippen molar-refractivity contribution in [3.63, 3.8) is 0 Å². The molecule has 0 aliphatic carbocycles. The summed E-state index contributed by atoms with van der Waals surface area (Å²) in [7, 11) is 0. The summed E-state index contributed by atoms with van der Waals surface area (Å²) in [6.45, 7) is 0. The van der Waals surface area contributed by atoms with Crippen molar-refractivity contribution in [2.45, 2.75) is 12.0 Å². The number of rotatable bonds is 5. The Morgan fingerprint density at radius 3 is 2.23 bits per heavy atom. The Hall–Kier alpha value is -1.57. The van der Waals surface area contributed by atoms with Crippen LogP contribution in [0.5, 0.6) is 5.75 Å². The van der Waals surface area contributed by atoms with E-state index in [4.69, 9.17) is 9.84 Å². The number of halogens is 5. The van der Waals surface area contributed by atoms with Crippen molar-refractivity contribution in [3.8, 4) is 5.75 Å². The zero-order chi connectivity index (χ0) is 19.6. The summed E-state index contributed by atoms with van der Waals surface area (Å²) in [6.07, 6.45) is -2.51. The van der Waals surface area contributed by atoms with Gasteiger partial charge >= 0.3 is 17.9 Å². The molecule has 2 rings (SSSR count). The minimum atomic E-state index is -4.47. The second-order valence-electron chi connectivity index (χ2n) is 5.05. The van der Waals surface area contributed by atoms with Crippen LogP contribution in [0.2, 0.25) is 0 Å². The number of carboxylic acid groups (broad SMARTS) is 1. The molecule has 138 valence electrons. The molecule has 0 saturated heterocycles. The maximum atomic E-state index is 14.1. The molecule has 0 saturated carbocycles. The van der Waals surface area contributed by atoms with E-state index in [-0.39, 0.29) is 3.57 Å². The average molecular weight is 592 g/mol. The molecule has 0 aliphatic rings. The number of hydrogen-bond donors (Lipinski definition) is 2. The van der Waals surface area contributed by atoms with Gasteiger partial charge in [-0.05, 0) is 75.0 Å². The second kappa shape index (κ2) is 7.98. The number of carbonyl (C=O) groups is 2. The quantitative estimate of drug-likeness (QED) is 0.399. The molecular weight excluding hydrogens is 583 g/mol. The molecule has 1 unspecified atom stereocenters. The van der Waals surface area contributed by atoms with E-state index < -0.39 is 46.7 Å². The Balaban J connectivity index is 2.46. The van der Waals surface area contributed by atoms with Crippen molar-refractivity contribution in [1.29, 1.82) is 0 Å². The predicted octanol–water partition coefficient (Wildman–Crippen LogP) is 4.36. The van der Waals surface area contributed by atoms with Crippen LogP contribution < -0.4 is 0 Å². The minimum absolute atomic E-state index is 0.282. The molecule has 1 atom stereocenters. The van der Waals surface area contributed by atoms with Gasteiger partial charge in [-0.25, -0.2) is 14.0 Å². The first-order valence-electron chi connectivity index (χ1n) is 6.79. The van der Waals surface area contributed by atoms with Gasteiger partial charge in [0.05, 0.1) is 3.57 Å². The highest BCUT2D eigenvalue weighted by Crippen LogP contribution is 2.37. The summed E-state index contributed by atoms with van der Waals surface area (Å²) in [5.41, 5.74) is -0.804. The SMILES string of the molecule is O=C(OC(c1ccc(F)cc1)C(F)(F)C(=O)O)c1cc(I)cc(I)c1O. The van der Waals surface area contributed by atoms with E-state index in [2.05, 4.69) is 0 Å². The summed E-state index contributed by atoms with van der Waals surface area (Å²) in [5, 5.41) is 18.7. The molecule has 0 heterocycles. The predicted molar refractivity (Wildman–Crippen MR) is 101 cm³/mol. The Labute approximate surface area is 172 Å². The van der Waals surface area contributed by atoms with Gasteiger partial charge in [0.2, 0.25) is 6.10 Å². The number of carboxylic acids is 1. The third kappa shape index (κ3) is 4.39. The van der Waals surface area contributed by atoms with Crippen LogP contribution in [-0.4, -0.2) is 28.1 Å². The maximum Gasteiger partial charge on any atom is 0.382 e. The van der Waals surface area contributed by atoms with Crippen LogP contribution in [0.1, 0.15) is 22.0 Å². The molecule has 0 fully saturated rings. The Bertz CT molecular complexity index is 856. The van der Waals surface area contributed by atoms with Gasteiger partial charge in [0.15, 0.2) is 0 Å². The largest absolute Gasteiger partial charge is 0.506 e. The first-order valence-corrected chi connectivity index (χ1v) is 8.95. The lowest BCUT2D eigenvalue weighted by atomic mass is 10.0. The number of esters is 1. The maximum absolute atomic E-state index is 14.1. The molecule has 0 aliphatic heterocycles. The summed E-state index contributed by atoms with van der Waals surface area (Å²) in [4.78, 5) is 23.2. The standard InChI is InChI=1S/C16H9F3I2O5/c17-8-3-1-7(2-4-8)13(16(18,19)15(24)25)26-14(23)10-5-9(20)6-11(21)12(10)22/h1-6,13,22H,(H,24,25). The number of hydrogen-bond acceptors (Lipinski definition) is 4. The van der Waals surface area contributed by atoms with Gasteiger partial charge in [0.25, 0.3) is 0 Å². The van der Waals surface area contributed by atoms with Crippen molar-refractivity contribution in [2.24, 2.45) is 0 Å². The fourth-order valence-electron chi connectivity index (χ4n) is 1.99. The third-order valence-corrected chi connectivity index (χ3v) is 4.71. The minimum Gasteiger partial charge on any atom is -0.506 e. The number of phenolic OH excluding ortho intramolecular Hbond substituents is 1. The Morgan fingerprint density at radius 2 is 1.69 bits per heavy atom. The van der Waals surface area contributed by atoms with Gasteiger partial charge < -0.3 is 14.9 Å². The van der Waals surface area contributed by atoms with Gasteiger partial charge in [-0.1, -0.05) is 12.1 Å². The molecule has 0 amide bonds. The molecule has 0 bridgehead atoms. The number of alkyl halides is 2. The molecule has 0 radical (unpaired) electrons. The molecule has 0 spiro atoms. The van der Waals surface area contributed by atoms with E-state index in [1.54, 1.807) is 22.6 Å². The van der Waals surface area contributed by atoms with E-state index in [1.165, 1.54) is 12.1 Å². The average Bonchev–Trinajstić information content (AvgIpc) is 2.56. The van der Waals surface area contributed by atoms with Gasteiger partial charge in [-0.15, -0.1) is 0 Å². The lowest BCUT2D eigenvalue weighted by molar-refractivity contribution is -0.183. The summed E-state index contributed by atoms with van der Waals surface area (Å²) >= 11 is 3.59. The third-order valence-electron chi connectivity index (χ3n) is 3.26. The summed E-state index contributed by atoms with van der Waals surface area (Å²) in [6, 6.07) is 6.20. The van der Waals surface area contributed by atoms with Crippen molar-refractivity contribution < 1.29 is 37.7 Å². The molecule has 10 heteroatoms. The van der Waals surface area contributed by atoms with Crippen LogP contribution in [0.15, 0.2) is 36.4 Å². The molecule has 0 aromatic heterocycles. The first-order chi connectivity index (χ1) is 12.0. The van der Waals surface area contributed by atoms with Gasteiger partial charge in [-0.3, -0.25) is 0 Å². The van der Waals surface area contributed by atoms with E-state index in [0.717, 1.165) is 24.3 Å². The topological polar surface area (TPSA) is 83.8 Å². The Kier molecular flexibility index (Phi) is 6.37. The lowest BCUT2D eigenvalue weighted by Gasteiger charge is -2.24. The normalized spacial score (nSPS) is 12.5. The second-order valence-corrected chi connectivity index (χ2v) is 7.46. The van der Waals surface area contributed by atoms with Crippen LogP contribution in [0.25, 0.3) is 0 Å². The highest BCUT2D eigenvalue weighted by Gasteiger charge is 2.51. The number of aromatic hydroxyl groups is 1. The van der Waals surface area contributed by atoms with Gasteiger partial charge in [-0.2, -0.15) is 8.78 Å². The highest BCUT2D eigenvalue weighted by atomic mass is 127. The van der Waals surface area contributed by atoms with Gasteiger partial charge in [0.1, 0.15) is 17.1 Å². The zero-order valence-electron chi connectivity index (χ0n) is 12.6. The van der Waals surface area contributed by atoms with Crippen LogP contribution >= 0.6 is 45.2 Å². The molecule has 26 heavy (non-hydrogen) atoms. The van der Waals surface area contributed by atoms with Crippen molar-refractivity contribution in [3.05, 3.63) is 60.5 Å². The summed E-state index contributed by atoms with van der Waals surface area (Å²) in [5.74, 6) is -9.54. The van der Waals surface area contributed by atoms with Crippen molar-refractivity contribution in [1.82, 2.24) is 0 Å². The van der Waals surface area contributed by atoms with Crippen LogP contribution in [0.3, 0.4) is 0 Å². The molecule has 2 N–H and O–H groups in total. The van der Waals surface area contributed by atoms with E-state index >= 15 is 0 Å². The number of benzene rings is 2. The fraction of sp³-hybridized carbons (Fsp3) is 0.125.